The molecule has 0 aliphatic rings. The van der Waals surface area contributed by atoms with Crippen LogP contribution in [0.25, 0.3) is 5.65 Å². The quantitative estimate of drug-likeness (QED) is 0.506. The number of pyridine rings is 1. The van der Waals surface area contributed by atoms with Crippen LogP contribution in [0.5, 0.6) is 11.5 Å². The fraction of sp³-hybridized carbons (Fsp3) is 0.176. The molecule has 0 spiro atoms. The summed E-state index contributed by atoms with van der Waals surface area (Å²) in [5.41, 5.74) is 2.32. The fourth-order valence-electron chi connectivity index (χ4n) is 2.22. The first-order chi connectivity index (χ1) is 11.7. The predicted octanol–water partition coefficient (Wildman–Crippen LogP) is 3.56. The normalized spacial score (nSPS) is 11.1. The van der Waals surface area contributed by atoms with Crippen LogP contribution in [0.3, 0.4) is 0 Å². The van der Waals surface area contributed by atoms with Crippen LogP contribution < -0.4 is 9.47 Å². The van der Waals surface area contributed by atoms with E-state index in [4.69, 9.17) is 25.9 Å². The first-order valence-electron chi connectivity index (χ1n) is 7.20. The van der Waals surface area contributed by atoms with Crippen LogP contribution in [-0.4, -0.2) is 29.8 Å². The predicted molar refractivity (Wildman–Crippen MR) is 92.1 cm³/mol. The number of oxime groups is 1. The molecular weight excluding hydrogens is 330 g/mol. The number of hydrogen-bond acceptors (Lipinski definition) is 5. The monoisotopic (exact) mass is 345 g/mol. The molecule has 0 radical (unpaired) electrons. The smallest absolute Gasteiger partial charge is 0.160 e. The minimum atomic E-state index is 0.252. The van der Waals surface area contributed by atoms with Crippen molar-refractivity contribution in [2.45, 2.75) is 6.61 Å². The van der Waals surface area contributed by atoms with Gasteiger partial charge in [0.2, 0.25) is 0 Å². The van der Waals surface area contributed by atoms with E-state index in [9.17, 15) is 0 Å². The third-order valence-electron chi connectivity index (χ3n) is 3.38. The Hall–Kier alpha value is -2.73. The van der Waals surface area contributed by atoms with Crippen LogP contribution in [0, 0.1) is 0 Å². The Kier molecular flexibility index (Phi) is 4.86. The fourth-order valence-corrected chi connectivity index (χ4v) is 2.39. The Morgan fingerprint density at radius 3 is 2.83 bits per heavy atom. The summed E-state index contributed by atoms with van der Waals surface area (Å²) in [4.78, 5) is 9.74. The summed E-state index contributed by atoms with van der Waals surface area (Å²) in [6, 6.07) is 9.08. The molecule has 0 saturated heterocycles. The molecule has 3 rings (SSSR count). The highest BCUT2D eigenvalue weighted by atomic mass is 35.5. The van der Waals surface area contributed by atoms with Crippen LogP contribution in [-0.2, 0) is 11.4 Å². The molecule has 24 heavy (non-hydrogen) atoms. The first-order valence-corrected chi connectivity index (χ1v) is 7.58. The number of methoxy groups -OCH3 is 2. The van der Waals surface area contributed by atoms with E-state index >= 15 is 0 Å². The van der Waals surface area contributed by atoms with Gasteiger partial charge in [0.05, 0.1) is 31.2 Å². The van der Waals surface area contributed by atoms with E-state index in [0.717, 1.165) is 22.7 Å². The number of imidazole rings is 1. The summed E-state index contributed by atoms with van der Waals surface area (Å²) in [7, 11) is 3.21. The molecule has 0 N–H and O–H groups in total. The largest absolute Gasteiger partial charge is 0.497 e. The van der Waals surface area contributed by atoms with Crippen molar-refractivity contribution in [1.29, 1.82) is 0 Å². The van der Waals surface area contributed by atoms with Crippen LogP contribution in [0.2, 0.25) is 5.02 Å². The van der Waals surface area contributed by atoms with Gasteiger partial charge in [0.15, 0.2) is 6.61 Å². The Labute approximate surface area is 144 Å². The van der Waals surface area contributed by atoms with Crippen molar-refractivity contribution in [3.63, 3.8) is 0 Å². The molecule has 3 aromatic rings. The molecule has 0 aliphatic heterocycles. The second kappa shape index (κ2) is 7.23. The number of benzene rings is 1. The van der Waals surface area contributed by atoms with Crippen LogP contribution in [0.1, 0.15) is 11.3 Å². The average Bonchev–Trinajstić information content (AvgIpc) is 3.00. The Bertz CT molecular complexity index is 877. The number of ether oxygens (including phenoxy) is 2. The lowest BCUT2D eigenvalue weighted by Gasteiger charge is -2.06. The van der Waals surface area contributed by atoms with E-state index in [0.29, 0.717) is 10.8 Å². The molecule has 7 heteroatoms. The van der Waals surface area contributed by atoms with Gasteiger partial charge in [-0.15, -0.1) is 0 Å². The maximum atomic E-state index is 5.95. The highest BCUT2D eigenvalue weighted by Gasteiger charge is 2.04. The second-order valence-corrected chi connectivity index (χ2v) is 5.40. The molecule has 0 aliphatic carbocycles. The zero-order valence-corrected chi connectivity index (χ0v) is 14.0. The van der Waals surface area contributed by atoms with Gasteiger partial charge in [-0.1, -0.05) is 16.8 Å². The van der Waals surface area contributed by atoms with E-state index in [1.165, 1.54) is 0 Å². The van der Waals surface area contributed by atoms with Gasteiger partial charge in [-0.2, -0.15) is 0 Å². The minimum Gasteiger partial charge on any atom is -0.497 e. The molecule has 124 valence electrons. The summed E-state index contributed by atoms with van der Waals surface area (Å²) in [6.45, 7) is 0.252. The molecule has 1 aromatic carbocycles. The van der Waals surface area contributed by atoms with Crippen LogP contribution in [0.15, 0.2) is 47.9 Å². The highest BCUT2D eigenvalue weighted by Crippen LogP contribution is 2.22. The standard InChI is InChI=1S/C17H16ClN3O3/c1-22-15-4-5-16(23-2)12(7-15)8-19-24-11-14-10-21-9-13(18)3-6-17(21)20-14/h3-10H,11H2,1-2H3. The topological polar surface area (TPSA) is 57.3 Å². The van der Waals surface area contributed by atoms with Gasteiger partial charge in [0, 0.05) is 18.0 Å². The Balaban J connectivity index is 1.67. The summed E-state index contributed by atoms with van der Waals surface area (Å²) in [5, 5.41) is 4.62. The Morgan fingerprint density at radius 1 is 1.17 bits per heavy atom. The van der Waals surface area contributed by atoms with E-state index in [1.54, 1.807) is 32.7 Å². The zero-order chi connectivity index (χ0) is 16.9. The van der Waals surface area contributed by atoms with Crippen molar-refractivity contribution in [3.8, 4) is 11.5 Å². The van der Waals surface area contributed by atoms with Crippen molar-refractivity contribution < 1.29 is 14.3 Å². The number of hydrogen-bond donors (Lipinski definition) is 0. The molecular formula is C17H16ClN3O3. The van der Waals surface area contributed by atoms with Gasteiger partial charge in [0.1, 0.15) is 17.1 Å². The SMILES string of the molecule is COc1ccc(OC)c(C=NOCc2cn3cc(Cl)ccc3n2)c1. The molecule has 0 fully saturated rings. The number of rotatable bonds is 6. The number of fused-ring (bicyclic) bond motifs is 1. The zero-order valence-electron chi connectivity index (χ0n) is 13.3. The third kappa shape index (κ3) is 3.60. The van der Waals surface area contributed by atoms with Crippen molar-refractivity contribution >= 4 is 23.5 Å². The lowest BCUT2D eigenvalue weighted by atomic mass is 10.2. The van der Waals surface area contributed by atoms with Gasteiger partial charge in [-0.05, 0) is 30.3 Å². The second-order valence-electron chi connectivity index (χ2n) is 4.96. The van der Waals surface area contributed by atoms with Gasteiger partial charge >= 0.3 is 0 Å². The minimum absolute atomic E-state index is 0.252. The average molecular weight is 346 g/mol. The summed E-state index contributed by atoms with van der Waals surface area (Å²) >= 11 is 5.95. The summed E-state index contributed by atoms with van der Waals surface area (Å²) in [6.07, 6.45) is 5.22. The van der Waals surface area contributed by atoms with E-state index in [1.807, 2.05) is 34.9 Å². The molecule has 0 unspecified atom stereocenters. The van der Waals surface area contributed by atoms with Crippen LogP contribution >= 0.6 is 11.6 Å². The number of aromatic nitrogens is 2. The molecule has 0 atom stereocenters. The molecule has 6 nitrogen and oxygen atoms in total. The molecule has 2 aromatic heterocycles. The van der Waals surface area contributed by atoms with Crippen molar-refractivity contribution in [3.05, 3.63) is 59.0 Å². The first kappa shape index (κ1) is 16.1. The van der Waals surface area contributed by atoms with E-state index < -0.39 is 0 Å². The van der Waals surface area contributed by atoms with Gasteiger partial charge in [-0.25, -0.2) is 4.98 Å². The molecule has 0 amide bonds. The summed E-state index contributed by atoms with van der Waals surface area (Å²) in [5.74, 6) is 1.40. The third-order valence-corrected chi connectivity index (χ3v) is 3.60. The number of nitrogens with zero attached hydrogens (tertiary/aromatic N) is 3. The maximum absolute atomic E-state index is 5.95. The Morgan fingerprint density at radius 2 is 2.04 bits per heavy atom. The van der Waals surface area contributed by atoms with E-state index in [-0.39, 0.29) is 6.61 Å². The van der Waals surface area contributed by atoms with Crippen molar-refractivity contribution in [2.24, 2.45) is 5.16 Å². The lowest BCUT2D eigenvalue weighted by molar-refractivity contribution is 0.129. The van der Waals surface area contributed by atoms with Crippen LogP contribution in [0.4, 0.5) is 0 Å². The van der Waals surface area contributed by atoms with E-state index in [2.05, 4.69) is 10.1 Å². The van der Waals surface area contributed by atoms with Gasteiger partial charge in [0.25, 0.3) is 0 Å². The van der Waals surface area contributed by atoms with Gasteiger partial charge < -0.3 is 18.7 Å². The van der Waals surface area contributed by atoms with Crippen molar-refractivity contribution in [1.82, 2.24) is 9.38 Å². The molecule has 2 heterocycles. The molecule has 0 bridgehead atoms. The highest BCUT2D eigenvalue weighted by molar-refractivity contribution is 6.30. The number of halogens is 1. The molecule has 0 saturated carbocycles. The maximum Gasteiger partial charge on any atom is 0.160 e. The lowest BCUT2D eigenvalue weighted by Crippen LogP contribution is -1.94. The summed E-state index contributed by atoms with van der Waals surface area (Å²) < 4.78 is 12.3. The van der Waals surface area contributed by atoms with Crippen molar-refractivity contribution in [2.75, 3.05) is 14.2 Å². The van der Waals surface area contributed by atoms with Gasteiger partial charge in [-0.3, -0.25) is 0 Å².